The highest BCUT2D eigenvalue weighted by atomic mass is 19.1. The van der Waals surface area contributed by atoms with Gasteiger partial charge in [-0.15, -0.1) is 10.2 Å². The highest BCUT2D eigenvalue weighted by Gasteiger charge is 2.07. The van der Waals surface area contributed by atoms with Crippen LogP contribution in [0, 0.1) is 12.7 Å². The van der Waals surface area contributed by atoms with Gasteiger partial charge in [0.2, 0.25) is 5.88 Å². The van der Waals surface area contributed by atoms with Gasteiger partial charge in [0.05, 0.1) is 0 Å². The van der Waals surface area contributed by atoms with E-state index in [4.69, 9.17) is 9.84 Å². The SMILES string of the molecule is Cc1cc(F)ccc1Oc1ccc(C(=O)O)nn1. The maximum Gasteiger partial charge on any atom is 0.356 e. The number of benzene rings is 1. The third-order valence-electron chi connectivity index (χ3n) is 2.21. The molecule has 0 spiro atoms. The molecule has 0 saturated heterocycles. The first-order valence-electron chi connectivity index (χ1n) is 5.07. The summed E-state index contributed by atoms with van der Waals surface area (Å²) in [5, 5.41) is 15.7. The Kier molecular flexibility index (Phi) is 3.18. The molecule has 0 saturated carbocycles. The van der Waals surface area contributed by atoms with E-state index in [-0.39, 0.29) is 17.4 Å². The molecule has 1 N–H and O–H groups in total. The van der Waals surface area contributed by atoms with Gasteiger partial charge in [-0.25, -0.2) is 9.18 Å². The second kappa shape index (κ2) is 4.79. The smallest absolute Gasteiger partial charge is 0.356 e. The van der Waals surface area contributed by atoms with Crippen molar-refractivity contribution >= 4 is 5.97 Å². The van der Waals surface area contributed by atoms with E-state index in [1.54, 1.807) is 6.92 Å². The molecule has 0 atom stereocenters. The first-order chi connectivity index (χ1) is 8.56. The third kappa shape index (κ3) is 2.60. The van der Waals surface area contributed by atoms with Crippen LogP contribution in [0.1, 0.15) is 16.1 Å². The third-order valence-corrected chi connectivity index (χ3v) is 2.21. The van der Waals surface area contributed by atoms with E-state index < -0.39 is 5.97 Å². The number of aromatic carboxylic acids is 1. The Morgan fingerprint density at radius 3 is 2.61 bits per heavy atom. The molecule has 0 aliphatic heterocycles. The van der Waals surface area contributed by atoms with Crippen LogP contribution in [0.4, 0.5) is 4.39 Å². The quantitative estimate of drug-likeness (QED) is 0.902. The number of nitrogens with zero attached hydrogens (tertiary/aromatic N) is 2. The monoisotopic (exact) mass is 248 g/mol. The summed E-state index contributed by atoms with van der Waals surface area (Å²) in [4.78, 5) is 10.6. The molecule has 1 aromatic carbocycles. The van der Waals surface area contributed by atoms with Gasteiger partial charge < -0.3 is 9.84 Å². The fraction of sp³-hybridized carbons (Fsp3) is 0.0833. The van der Waals surface area contributed by atoms with Crippen molar-refractivity contribution in [1.29, 1.82) is 0 Å². The Morgan fingerprint density at radius 1 is 1.28 bits per heavy atom. The fourth-order valence-corrected chi connectivity index (χ4v) is 1.33. The highest BCUT2D eigenvalue weighted by molar-refractivity contribution is 5.84. The van der Waals surface area contributed by atoms with Crippen LogP contribution in [0.2, 0.25) is 0 Å². The maximum atomic E-state index is 12.9. The van der Waals surface area contributed by atoms with E-state index >= 15 is 0 Å². The van der Waals surface area contributed by atoms with E-state index in [0.717, 1.165) is 0 Å². The molecule has 0 aliphatic rings. The minimum absolute atomic E-state index is 0.148. The van der Waals surface area contributed by atoms with Gasteiger partial charge in [-0.2, -0.15) is 0 Å². The predicted octanol–water partition coefficient (Wildman–Crippen LogP) is 2.41. The number of aryl methyl sites for hydroxylation is 1. The van der Waals surface area contributed by atoms with Crippen LogP contribution in [0.25, 0.3) is 0 Å². The summed E-state index contributed by atoms with van der Waals surface area (Å²) in [6, 6.07) is 6.73. The van der Waals surface area contributed by atoms with Gasteiger partial charge >= 0.3 is 5.97 Å². The average Bonchev–Trinajstić information content (AvgIpc) is 2.33. The molecule has 0 aliphatic carbocycles. The lowest BCUT2D eigenvalue weighted by Gasteiger charge is -2.06. The van der Waals surface area contributed by atoms with Crippen molar-refractivity contribution in [2.24, 2.45) is 0 Å². The molecule has 92 valence electrons. The van der Waals surface area contributed by atoms with Crippen LogP contribution < -0.4 is 4.74 Å². The number of carboxylic acid groups (broad SMARTS) is 1. The van der Waals surface area contributed by atoms with Crippen molar-refractivity contribution in [2.75, 3.05) is 0 Å². The highest BCUT2D eigenvalue weighted by Crippen LogP contribution is 2.23. The van der Waals surface area contributed by atoms with E-state index in [9.17, 15) is 9.18 Å². The first-order valence-corrected chi connectivity index (χ1v) is 5.07. The van der Waals surface area contributed by atoms with Crippen LogP contribution in [0.3, 0.4) is 0 Å². The molecular weight excluding hydrogens is 239 g/mol. The zero-order valence-electron chi connectivity index (χ0n) is 9.42. The van der Waals surface area contributed by atoms with Crippen molar-refractivity contribution in [2.45, 2.75) is 6.92 Å². The summed E-state index contributed by atoms with van der Waals surface area (Å²) in [6.45, 7) is 1.69. The van der Waals surface area contributed by atoms with Crippen molar-refractivity contribution in [3.05, 3.63) is 47.4 Å². The molecule has 0 amide bonds. The van der Waals surface area contributed by atoms with Crippen LogP contribution in [0.5, 0.6) is 11.6 Å². The number of hydrogen-bond donors (Lipinski definition) is 1. The van der Waals surface area contributed by atoms with Crippen LogP contribution >= 0.6 is 0 Å². The minimum Gasteiger partial charge on any atom is -0.476 e. The van der Waals surface area contributed by atoms with Gasteiger partial charge in [-0.05, 0) is 36.8 Å². The molecule has 2 aromatic rings. The lowest BCUT2D eigenvalue weighted by atomic mass is 10.2. The normalized spacial score (nSPS) is 10.1. The lowest BCUT2D eigenvalue weighted by molar-refractivity contribution is 0.0689. The molecular formula is C12H9FN2O3. The molecule has 6 heteroatoms. The Labute approximate surface area is 102 Å². The van der Waals surface area contributed by atoms with E-state index in [0.29, 0.717) is 11.3 Å². The zero-order chi connectivity index (χ0) is 13.1. The molecule has 0 unspecified atom stereocenters. The Morgan fingerprint density at radius 2 is 2.06 bits per heavy atom. The molecule has 0 fully saturated rings. The Hall–Kier alpha value is -2.50. The number of hydrogen-bond acceptors (Lipinski definition) is 4. The van der Waals surface area contributed by atoms with Crippen molar-refractivity contribution in [3.63, 3.8) is 0 Å². The van der Waals surface area contributed by atoms with Gasteiger partial charge in [-0.3, -0.25) is 0 Å². The molecule has 0 bridgehead atoms. The predicted molar refractivity (Wildman–Crippen MR) is 60.2 cm³/mol. The molecule has 18 heavy (non-hydrogen) atoms. The van der Waals surface area contributed by atoms with Gasteiger partial charge in [0.25, 0.3) is 0 Å². The topological polar surface area (TPSA) is 72.3 Å². The zero-order valence-corrected chi connectivity index (χ0v) is 9.42. The van der Waals surface area contributed by atoms with Crippen LogP contribution in [-0.2, 0) is 0 Å². The maximum absolute atomic E-state index is 12.9. The summed E-state index contributed by atoms with van der Waals surface area (Å²) in [7, 11) is 0. The summed E-state index contributed by atoms with van der Waals surface area (Å²) >= 11 is 0. The van der Waals surface area contributed by atoms with Gasteiger partial charge in [0.15, 0.2) is 5.69 Å². The minimum atomic E-state index is -1.16. The van der Waals surface area contributed by atoms with Crippen molar-refractivity contribution in [1.82, 2.24) is 10.2 Å². The summed E-state index contributed by atoms with van der Waals surface area (Å²) < 4.78 is 18.2. The van der Waals surface area contributed by atoms with E-state index in [1.165, 1.54) is 30.3 Å². The van der Waals surface area contributed by atoms with E-state index in [1.807, 2.05) is 0 Å². The number of carbonyl (C=O) groups is 1. The van der Waals surface area contributed by atoms with Gasteiger partial charge in [-0.1, -0.05) is 0 Å². The number of halogens is 1. The van der Waals surface area contributed by atoms with Crippen molar-refractivity contribution < 1.29 is 19.0 Å². The van der Waals surface area contributed by atoms with Crippen LogP contribution in [0.15, 0.2) is 30.3 Å². The molecule has 1 heterocycles. The van der Waals surface area contributed by atoms with Crippen LogP contribution in [-0.4, -0.2) is 21.3 Å². The lowest BCUT2D eigenvalue weighted by Crippen LogP contribution is -2.02. The second-order valence-electron chi connectivity index (χ2n) is 3.57. The summed E-state index contributed by atoms with van der Waals surface area (Å²) in [6.07, 6.45) is 0. The Bertz CT molecular complexity index is 584. The van der Waals surface area contributed by atoms with E-state index in [2.05, 4.69) is 10.2 Å². The number of aromatic nitrogens is 2. The number of rotatable bonds is 3. The standard InChI is InChI=1S/C12H9FN2O3/c1-7-6-8(13)2-4-10(7)18-11-5-3-9(12(16)17)14-15-11/h2-6H,1H3,(H,16,17). The van der Waals surface area contributed by atoms with Gasteiger partial charge in [0.1, 0.15) is 11.6 Å². The fourth-order valence-electron chi connectivity index (χ4n) is 1.33. The molecule has 5 nitrogen and oxygen atoms in total. The summed E-state index contributed by atoms with van der Waals surface area (Å²) in [5.41, 5.74) is 0.442. The number of carboxylic acids is 1. The Balaban J connectivity index is 2.21. The van der Waals surface area contributed by atoms with Gasteiger partial charge in [0, 0.05) is 6.07 Å². The molecule has 2 rings (SSSR count). The molecule has 1 aromatic heterocycles. The average molecular weight is 248 g/mol. The summed E-state index contributed by atoms with van der Waals surface area (Å²) in [5.74, 6) is -0.928. The first kappa shape index (κ1) is 12.0. The largest absolute Gasteiger partial charge is 0.476 e. The second-order valence-corrected chi connectivity index (χ2v) is 3.57. The molecule has 0 radical (unpaired) electrons. The van der Waals surface area contributed by atoms with Crippen molar-refractivity contribution in [3.8, 4) is 11.6 Å². The number of ether oxygens (including phenoxy) is 1.